The molecule has 0 atom stereocenters. The van der Waals surface area contributed by atoms with Gasteiger partial charge in [-0.15, -0.1) is 0 Å². The average molecular weight is 242 g/mol. The van der Waals surface area contributed by atoms with Crippen LogP contribution in [0.4, 0.5) is 0 Å². The largest absolute Gasteiger partial charge is 0.366 e. The molecule has 1 aliphatic heterocycles. The van der Waals surface area contributed by atoms with E-state index in [0.717, 1.165) is 25.9 Å². The van der Waals surface area contributed by atoms with Gasteiger partial charge in [0.2, 0.25) is 5.91 Å². The Labute approximate surface area is 105 Å². The van der Waals surface area contributed by atoms with Crippen molar-refractivity contribution < 1.29 is 9.53 Å². The Hall–Kier alpha value is -0.610. The van der Waals surface area contributed by atoms with Crippen molar-refractivity contribution in [2.24, 2.45) is 0 Å². The summed E-state index contributed by atoms with van der Waals surface area (Å²) in [7, 11) is 1.99. The van der Waals surface area contributed by atoms with Crippen molar-refractivity contribution in [1.29, 1.82) is 0 Å². The van der Waals surface area contributed by atoms with Crippen LogP contribution in [0.25, 0.3) is 0 Å². The highest BCUT2D eigenvalue weighted by atomic mass is 16.5. The lowest BCUT2D eigenvalue weighted by Gasteiger charge is -2.39. The topological polar surface area (TPSA) is 41.6 Å². The van der Waals surface area contributed by atoms with E-state index in [-0.39, 0.29) is 23.7 Å². The Kier molecular flexibility index (Phi) is 4.55. The summed E-state index contributed by atoms with van der Waals surface area (Å²) in [6, 6.07) is 0. The van der Waals surface area contributed by atoms with E-state index >= 15 is 0 Å². The summed E-state index contributed by atoms with van der Waals surface area (Å²) >= 11 is 0. The number of hydrogen-bond acceptors (Lipinski definition) is 3. The molecule has 0 aromatic carbocycles. The number of piperidine rings is 1. The lowest BCUT2D eigenvalue weighted by molar-refractivity contribution is -0.142. The molecule has 17 heavy (non-hydrogen) atoms. The second-order valence-electron chi connectivity index (χ2n) is 6.09. The molecule has 1 fully saturated rings. The van der Waals surface area contributed by atoms with Gasteiger partial charge in [-0.2, -0.15) is 0 Å². The number of hydrogen-bond donors (Lipinski definition) is 1. The zero-order valence-electron chi connectivity index (χ0n) is 11.8. The molecule has 0 aromatic rings. The fourth-order valence-corrected chi connectivity index (χ4v) is 1.87. The van der Waals surface area contributed by atoms with Gasteiger partial charge < -0.3 is 15.0 Å². The molecule has 1 heterocycles. The number of nitrogens with one attached hydrogen (secondary N) is 1. The standard InChI is InChI=1S/C13H26N2O2/c1-12(2,3)17-10-11(16)15-8-6-13(4,14-5)7-9-15/h14H,6-10H2,1-5H3. The van der Waals surface area contributed by atoms with Gasteiger partial charge in [-0.1, -0.05) is 0 Å². The molecule has 1 rings (SSSR count). The van der Waals surface area contributed by atoms with Gasteiger partial charge in [-0.05, 0) is 47.6 Å². The van der Waals surface area contributed by atoms with Crippen molar-refractivity contribution in [1.82, 2.24) is 10.2 Å². The maximum absolute atomic E-state index is 11.9. The maximum Gasteiger partial charge on any atom is 0.248 e. The number of carbonyl (C=O) groups excluding carboxylic acids is 1. The van der Waals surface area contributed by atoms with Crippen LogP contribution >= 0.6 is 0 Å². The summed E-state index contributed by atoms with van der Waals surface area (Å²) < 4.78 is 5.52. The van der Waals surface area contributed by atoms with Crippen LogP contribution in [0.5, 0.6) is 0 Å². The second-order valence-corrected chi connectivity index (χ2v) is 6.09. The normalized spacial score (nSPS) is 20.4. The number of ether oxygens (including phenoxy) is 1. The molecule has 0 spiro atoms. The third kappa shape index (κ3) is 4.64. The Balaban J connectivity index is 2.36. The molecule has 1 saturated heterocycles. The predicted octanol–water partition coefficient (Wildman–Crippen LogP) is 1.40. The van der Waals surface area contributed by atoms with Gasteiger partial charge in [0.15, 0.2) is 0 Å². The van der Waals surface area contributed by atoms with Crippen LogP contribution in [-0.4, -0.2) is 48.7 Å². The van der Waals surface area contributed by atoms with E-state index in [1.54, 1.807) is 0 Å². The van der Waals surface area contributed by atoms with Gasteiger partial charge in [0, 0.05) is 18.6 Å². The molecule has 100 valence electrons. The smallest absolute Gasteiger partial charge is 0.248 e. The average Bonchev–Trinajstić information content (AvgIpc) is 2.26. The molecule has 1 aliphatic rings. The lowest BCUT2D eigenvalue weighted by Crippen LogP contribution is -2.52. The molecule has 0 radical (unpaired) electrons. The first kappa shape index (κ1) is 14.5. The fraction of sp³-hybridized carbons (Fsp3) is 0.923. The Morgan fingerprint density at radius 2 is 1.88 bits per heavy atom. The van der Waals surface area contributed by atoms with Gasteiger partial charge in [0.05, 0.1) is 5.60 Å². The Bertz CT molecular complexity index is 263. The number of rotatable bonds is 3. The summed E-state index contributed by atoms with van der Waals surface area (Å²) in [5.41, 5.74) is -0.0629. The van der Waals surface area contributed by atoms with Gasteiger partial charge >= 0.3 is 0 Å². The van der Waals surface area contributed by atoms with E-state index in [4.69, 9.17) is 4.74 Å². The number of amides is 1. The van der Waals surface area contributed by atoms with Gasteiger partial charge in [-0.25, -0.2) is 0 Å². The molecule has 1 amide bonds. The van der Waals surface area contributed by atoms with Gasteiger partial charge in [0.1, 0.15) is 6.61 Å². The van der Waals surface area contributed by atoms with E-state index in [9.17, 15) is 4.79 Å². The summed E-state index contributed by atoms with van der Waals surface area (Å²) in [6.45, 7) is 9.95. The van der Waals surface area contributed by atoms with E-state index in [2.05, 4.69) is 12.2 Å². The zero-order valence-corrected chi connectivity index (χ0v) is 11.8. The van der Waals surface area contributed by atoms with E-state index in [0.29, 0.717) is 0 Å². The van der Waals surface area contributed by atoms with E-state index in [1.165, 1.54) is 0 Å². The van der Waals surface area contributed by atoms with Crippen LogP contribution in [0, 0.1) is 0 Å². The molecular formula is C13H26N2O2. The summed E-state index contributed by atoms with van der Waals surface area (Å²) in [4.78, 5) is 13.8. The quantitative estimate of drug-likeness (QED) is 0.813. The van der Waals surface area contributed by atoms with E-state index < -0.39 is 0 Å². The molecule has 0 saturated carbocycles. The molecule has 0 aliphatic carbocycles. The van der Waals surface area contributed by atoms with Crippen LogP contribution in [0.1, 0.15) is 40.5 Å². The van der Waals surface area contributed by atoms with Crippen LogP contribution < -0.4 is 5.32 Å². The van der Waals surface area contributed by atoms with Crippen molar-refractivity contribution in [3.05, 3.63) is 0 Å². The molecular weight excluding hydrogens is 216 g/mol. The van der Waals surface area contributed by atoms with Crippen molar-refractivity contribution in [2.45, 2.75) is 51.7 Å². The van der Waals surface area contributed by atoms with Gasteiger partial charge in [-0.3, -0.25) is 4.79 Å². The Morgan fingerprint density at radius 1 is 1.35 bits per heavy atom. The zero-order chi connectivity index (χ0) is 13.1. The van der Waals surface area contributed by atoms with Gasteiger partial charge in [0.25, 0.3) is 0 Å². The summed E-state index contributed by atoms with van der Waals surface area (Å²) in [5.74, 6) is 0.109. The monoisotopic (exact) mass is 242 g/mol. The third-order valence-corrected chi connectivity index (χ3v) is 3.45. The highest BCUT2D eigenvalue weighted by molar-refractivity contribution is 5.77. The van der Waals surface area contributed by atoms with Crippen LogP contribution in [0.3, 0.4) is 0 Å². The van der Waals surface area contributed by atoms with Crippen molar-refractivity contribution >= 4 is 5.91 Å². The number of likely N-dealkylation sites (tertiary alicyclic amines) is 1. The molecule has 1 N–H and O–H groups in total. The van der Waals surface area contributed by atoms with E-state index in [1.807, 2.05) is 32.7 Å². The molecule has 4 heteroatoms. The third-order valence-electron chi connectivity index (χ3n) is 3.45. The van der Waals surface area contributed by atoms with Crippen molar-refractivity contribution in [3.8, 4) is 0 Å². The minimum atomic E-state index is -0.245. The fourth-order valence-electron chi connectivity index (χ4n) is 1.87. The molecule has 4 nitrogen and oxygen atoms in total. The number of nitrogens with zero attached hydrogens (tertiary/aromatic N) is 1. The minimum absolute atomic E-state index is 0.109. The lowest BCUT2D eigenvalue weighted by atomic mass is 9.90. The van der Waals surface area contributed by atoms with Crippen LogP contribution in [-0.2, 0) is 9.53 Å². The highest BCUT2D eigenvalue weighted by Crippen LogP contribution is 2.21. The molecule has 0 bridgehead atoms. The first-order valence-electron chi connectivity index (χ1n) is 6.36. The molecule has 0 unspecified atom stereocenters. The highest BCUT2D eigenvalue weighted by Gasteiger charge is 2.30. The first-order chi connectivity index (χ1) is 7.76. The second kappa shape index (κ2) is 5.36. The SMILES string of the molecule is CNC1(C)CCN(C(=O)COC(C)(C)C)CC1. The number of carbonyl (C=O) groups is 1. The predicted molar refractivity (Wildman–Crippen MR) is 69.0 cm³/mol. The minimum Gasteiger partial charge on any atom is -0.366 e. The summed E-state index contributed by atoms with van der Waals surface area (Å²) in [5, 5.41) is 3.33. The maximum atomic E-state index is 11.9. The van der Waals surface area contributed by atoms with Crippen molar-refractivity contribution in [3.63, 3.8) is 0 Å². The molecule has 0 aromatic heterocycles. The first-order valence-corrected chi connectivity index (χ1v) is 6.36. The summed E-state index contributed by atoms with van der Waals surface area (Å²) in [6.07, 6.45) is 2.01. The Morgan fingerprint density at radius 3 is 2.29 bits per heavy atom. The van der Waals surface area contributed by atoms with Crippen LogP contribution in [0.15, 0.2) is 0 Å². The van der Waals surface area contributed by atoms with Crippen molar-refractivity contribution in [2.75, 3.05) is 26.7 Å². The van der Waals surface area contributed by atoms with Crippen LogP contribution in [0.2, 0.25) is 0 Å².